The van der Waals surface area contributed by atoms with Gasteiger partial charge in [0.1, 0.15) is 6.33 Å². The van der Waals surface area contributed by atoms with Gasteiger partial charge in [0, 0.05) is 32.0 Å². The molecule has 1 saturated heterocycles. The Morgan fingerprint density at radius 1 is 1.14 bits per heavy atom. The van der Waals surface area contributed by atoms with Gasteiger partial charge in [-0.25, -0.2) is 4.98 Å². The van der Waals surface area contributed by atoms with E-state index in [1.54, 1.807) is 0 Å². The second kappa shape index (κ2) is 8.73. The normalized spacial score (nSPS) is 15.8. The maximum absolute atomic E-state index is 12.7. The molecule has 0 bridgehead atoms. The lowest BCUT2D eigenvalue weighted by molar-refractivity contribution is -0.136. The third-order valence-corrected chi connectivity index (χ3v) is 5.44. The summed E-state index contributed by atoms with van der Waals surface area (Å²) in [6, 6.07) is 16.2. The predicted molar refractivity (Wildman–Crippen MR) is 112 cm³/mol. The van der Waals surface area contributed by atoms with Crippen LogP contribution in [0.5, 0.6) is 0 Å². The van der Waals surface area contributed by atoms with Crippen molar-refractivity contribution in [3.05, 3.63) is 60.4 Å². The minimum Gasteiger partial charge on any atom is -0.381 e. The summed E-state index contributed by atoms with van der Waals surface area (Å²) in [5.41, 5.74) is 9.55. The van der Waals surface area contributed by atoms with Crippen molar-refractivity contribution < 1.29 is 9.53 Å². The zero-order valence-corrected chi connectivity index (χ0v) is 16.5. The first-order valence-corrected chi connectivity index (χ1v) is 9.29. The third kappa shape index (κ3) is 3.90. The monoisotopic (exact) mass is 400 g/mol. The van der Waals surface area contributed by atoms with E-state index in [-0.39, 0.29) is 18.3 Å². The number of nitrogens with zero attached hydrogens (tertiary/aromatic N) is 2. The number of hydrogen-bond donors (Lipinski definition) is 2. The van der Waals surface area contributed by atoms with Crippen LogP contribution < -0.4 is 11.1 Å². The van der Waals surface area contributed by atoms with Gasteiger partial charge in [-0.3, -0.25) is 9.36 Å². The first kappa shape index (κ1) is 20.3. The molecule has 28 heavy (non-hydrogen) atoms. The fourth-order valence-corrected chi connectivity index (χ4v) is 3.60. The number of fused-ring (bicyclic) bond motifs is 1. The molecule has 148 valence electrons. The molecule has 1 amide bonds. The Kier molecular flexibility index (Phi) is 6.34. The number of carbonyl (C=O) groups excluding carboxylic acids is 1. The van der Waals surface area contributed by atoms with E-state index in [1.807, 2.05) is 48.8 Å². The van der Waals surface area contributed by atoms with E-state index in [0.29, 0.717) is 39.1 Å². The molecule has 1 aromatic heterocycles. The molecule has 3 N–H and O–H groups in total. The molecule has 4 rings (SSSR count). The molecule has 0 atom stereocenters. The lowest BCUT2D eigenvalue weighted by atomic mass is 9.79. The highest BCUT2D eigenvalue weighted by molar-refractivity contribution is 5.85. The highest BCUT2D eigenvalue weighted by atomic mass is 35.5. The molecule has 0 radical (unpaired) electrons. The topological polar surface area (TPSA) is 82.2 Å². The minimum absolute atomic E-state index is 0. The minimum atomic E-state index is -0.492. The Bertz CT molecular complexity index is 933. The Morgan fingerprint density at radius 3 is 2.57 bits per heavy atom. The number of aromatic nitrogens is 2. The van der Waals surface area contributed by atoms with Gasteiger partial charge in [-0.2, -0.15) is 0 Å². The van der Waals surface area contributed by atoms with Crippen LogP contribution in [0.25, 0.3) is 16.7 Å². The maximum Gasteiger partial charge on any atom is 0.227 e. The summed E-state index contributed by atoms with van der Waals surface area (Å²) in [6.07, 6.45) is 3.20. The van der Waals surface area contributed by atoms with Crippen molar-refractivity contribution >= 4 is 29.3 Å². The third-order valence-electron chi connectivity index (χ3n) is 5.44. The number of rotatable bonds is 5. The van der Waals surface area contributed by atoms with Crippen molar-refractivity contribution in [3.63, 3.8) is 0 Å². The Balaban J connectivity index is 0.00000225. The fourth-order valence-electron chi connectivity index (χ4n) is 3.60. The van der Waals surface area contributed by atoms with Crippen molar-refractivity contribution in [2.75, 3.05) is 19.8 Å². The van der Waals surface area contributed by atoms with E-state index >= 15 is 0 Å². The van der Waals surface area contributed by atoms with Crippen molar-refractivity contribution in [2.45, 2.75) is 19.4 Å². The molecule has 1 aliphatic rings. The van der Waals surface area contributed by atoms with Crippen LogP contribution in [0.4, 0.5) is 0 Å². The second-order valence-corrected chi connectivity index (χ2v) is 7.05. The molecule has 2 aromatic carbocycles. The molecule has 0 saturated carbocycles. The quantitative estimate of drug-likeness (QED) is 0.690. The molecule has 0 aliphatic carbocycles. The Labute approximate surface area is 170 Å². The van der Waals surface area contributed by atoms with Crippen LogP contribution in [0.1, 0.15) is 18.4 Å². The van der Waals surface area contributed by atoms with E-state index < -0.39 is 5.41 Å². The summed E-state index contributed by atoms with van der Waals surface area (Å²) in [5.74, 6) is 0.0259. The van der Waals surface area contributed by atoms with Crippen molar-refractivity contribution in [1.82, 2.24) is 14.9 Å². The van der Waals surface area contributed by atoms with Crippen LogP contribution in [-0.2, 0) is 16.1 Å². The molecule has 2 heterocycles. The SMILES string of the molecule is Cl.NCC1(C(=O)NCc2ccc(-n3cnc4ccccc43)cc2)CCOCC1. The van der Waals surface area contributed by atoms with Gasteiger partial charge in [0.2, 0.25) is 5.91 Å². The summed E-state index contributed by atoms with van der Waals surface area (Å²) >= 11 is 0. The number of para-hydroxylation sites is 2. The van der Waals surface area contributed by atoms with Crippen LogP contribution in [0.2, 0.25) is 0 Å². The van der Waals surface area contributed by atoms with Gasteiger partial charge < -0.3 is 15.8 Å². The lowest BCUT2D eigenvalue weighted by Gasteiger charge is -2.34. The molecule has 6 nitrogen and oxygen atoms in total. The zero-order chi connectivity index (χ0) is 18.7. The number of nitrogens with one attached hydrogen (secondary N) is 1. The van der Waals surface area contributed by atoms with Crippen LogP contribution in [-0.4, -0.2) is 35.2 Å². The van der Waals surface area contributed by atoms with Gasteiger partial charge in [0.25, 0.3) is 0 Å². The van der Waals surface area contributed by atoms with Crippen LogP contribution in [0.15, 0.2) is 54.9 Å². The molecule has 1 fully saturated rings. The summed E-state index contributed by atoms with van der Waals surface area (Å²) in [6.45, 7) is 2.04. The highest BCUT2D eigenvalue weighted by Crippen LogP contribution is 2.29. The van der Waals surface area contributed by atoms with E-state index in [0.717, 1.165) is 22.3 Å². The number of carbonyl (C=O) groups is 1. The summed E-state index contributed by atoms with van der Waals surface area (Å²) in [4.78, 5) is 17.1. The summed E-state index contributed by atoms with van der Waals surface area (Å²) in [5, 5.41) is 3.05. The van der Waals surface area contributed by atoms with Crippen molar-refractivity contribution in [1.29, 1.82) is 0 Å². The molecule has 1 aliphatic heterocycles. The Hall–Kier alpha value is -2.41. The number of hydrogen-bond acceptors (Lipinski definition) is 4. The van der Waals surface area contributed by atoms with Crippen LogP contribution in [0, 0.1) is 5.41 Å². The highest BCUT2D eigenvalue weighted by Gasteiger charge is 2.38. The summed E-state index contributed by atoms with van der Waals surface area (Å²) < 4.78 is 7.43. The fraction of sp³-hybridized carbons (Fsp3) is 0.333. The number of ether oxygens (including phenoxy) is 1. The van der Waals surface area contributed by atoms with Gasteiger partial charge >= 0.3 is 0 Å². The number of imidazole rings is 1. The number of nitrogens with two attached hydrogens (primary N) is 1. The van der Waals surface area contributed by atoms with Gasteiger partial charge in [-0.1, -0.05) is 24.3 Å². The molecule has 3 aromatic rings. The van der Waals surface area contributed by atoms with E-state index in [2.05, 4.69) is 20.9 Å². The van der Waals surface area contributed by atoms with E-state index in [9.17, 15) is 4.79 Å². The Morgan fingerprint density at radius 2 is 1.86 bits per heavy atom. The van der Waals surface area contributed by atoms with Gasteiger partial charge in [-0.15, -0.1) is 12.4 Å². The first-order valence-electron chi connectivity index (χ1n) is 9.29. The van der Waals surface area contributed by atoms with Crippen molar-refractivity contribution in [2.24, 2.45) is 11.1 Å². The van der Waals surface area contributed by atoms with E-state index in [4.69, 9.17) is 10.5 Å². The molecular weight excluding hydrogens is 376 g/mol. The predicted octanol–water partition coefficient (Wildman–Crippen LogP) is 2.82. The standard InChI is InChI=1S/C21H24N4O2.ClH/c22-14-21(9-11-27-12-10-21)20(26)23-13-16-5-7-17(8-6-16)25-15-24-18-3-1-2-4-19(18)25;/h1-8,15H,9-14,22H2,(H,23,26);1H. The molecular formula is C21H25ClN4O2. The lowest BCUT2D eigenvalue weighted by Crippen LogP contribution is -2.48. The number of benzene rings is 2. The maximum atomic E-state index is 12.7. The van der Waals surface area contributed by atoms with Crippen LogP contribution >= 0.6 is 12.4 Å². The van der Waals surface area contributed by atoms with Gasteiger partial charge in [0.15, 0.2) is 0 Å². The molecule has 0 unspecified atom stereocenters. The van der Waals surface area contributed by atoms with Gasteiger partial charge in [0.05, 0.1) is 16.4 Å². The van der Waals surface area contributed by atoms with Crippen LogP contribution in [0.3, 0.4) is 0 Å². The zero-order valence-electron chi connectivity index (χ0n) is 15.6. The average molecular weight is 401 g/mol. The largest absolute Gasteiger partial charge is 0.381 e. The first-order chi connectivity index (χ1) is 13.2. The summed E-state index contributed by atoms with van der Waals surface area (Å²) in [7, 11) is 0. The molecule has 0 spiro atoms. The average Bonchev–Trinajstić information content (AvgIpc) is 3.17. The second-order valence-electron chi connectivity index (χ2n) is 7.05. The smallest absolute Gasteiger partial charge is 0.227 e. The number of halogens is 1. The van der Waals surface area contributed by atoms with E-state index in [1.165, 1.54) is 0 Å². The van der Waals surface area contributed by atoms with Gasteiger partial charge in [-0.05, 0) is 42.7 Å². The number of amides is 1. The molecule has 7 heteroatoms. The van der Waals surface area contributed by atoms with Crippen molar-refractivity contribution in [3.8, 4) is 5.69 Å².